The predicted molar refractivity (Wildman–Crippen MR) is 56.7 cm³/mol. The van der Waals surface area contributed by atoms with E-state index < -0.39 is 5.97 Å². The van der Waals surface area contributed by atoms with Crippen LogP contribution in [0.15, 0.2) is 23.0 Å². The number of aromatic carboxylic acids is 1. The number of anilines is 2. The van der Waals surface area contributed by atoms with Crippen LogP contribution < -0.4 is 5.32 Å². The first-order valence-corrected chi connectivity index (χ1v) is 5.50. The quantitative estimate of drug-likeness (QED) is 0.844. The zero-order valence-electron chi connectivity index (χ0n) is 6.93. The molecule has 0 saturated carbocycles. The van der Waals surface area contributed by atoms with Crippen molar-refractivity contribution >= 4 is 38.8 Å². The second kappa shape index (κ2) is 3.77. The molecule has 0 radical (unpaired) electrons. The van der Waals surface area contributed by atoms with Gasteiger partial charge in [-0.1, -0.05) is 0 Å². The molecule has 2 aromatic rings. The number of carbonyl (C=O) groups is 1. The number of rotatable bonds is 3. The number of carboxylic acid groups (broad SMARTS) is 1. The molecule has 0 fully saturated rings. The molecule has 0 aliphatic carbocycles. The van der Waals surface area contributed by atoms with Gasteiger partial charge in [0.2, 0.25) is 0 Å². The van der Waals surface area contributed by atoms with E-state index in [1.807, 2.05) is 5.38 Å². The Kier molecular flexibility index (Phi) is 2.47. The van der Waals surface area contributed by atoms with Gasteiger partial charge in [-0.15, -0.1) is 22.7 Å². The van der Waals surface area contributed by atoms with E-state index in [4.69, 9.17) is 5.11 Å². The lowest BCUT2D eigenvalue weighted by atomic mass is 10.3. The van der Waals surface area contributed by atoms with Crippen LogP contribution in [0.1, 0.15) is 10.4 Å². The lowest BCUT2D eigenvalue weighted by Gasteiger charge is -1.99. The van der Waals surface area contributed by atoms with Crippen molar-refractivity contribution in [3.05, 3.63) is 28.6 Å². The number of thiophene rings is 1. The van der Waals surface area contributed by atoms with Gasteiger partial charge in [-0.25, -0.2) is 9.78 Å². The molecule has 0 aromatic carbocycles. The zero-order valence-corrected chi connectivity index (χ0v) is 8.56. The molecular weight excluding hydrogens is 220 g/mol. The van der Waals surface area contributed by atoms with Gasteiger partial charge in [-0.2, -0.15) is 0 Å². The van der Waals surface area contributed by atoms with E-state index in [1.165, 1.54) is 22.7 Å². The van der Waals surface area contributed by atoms with Crippen LogP contribution in [0.3, 0.4) is 0 Å². The predicted octanol–water partition coefficient (Wildman–Crippen LogP) is 2.65. The van der Waals surface area contributed by atoms with Gasteiger partial charge in [0.25, 0.3) is 0 Å². The Balaban J connectivity index is 2.25. The van der Waals surface area contributed by atoms with Gasteiger partial charge < -0.3 is 10.4 Å². The van der Waals surface area contributed by atoms with E-state index in [9.17, 15) is 4.79 Å². The van der Waals surface area contributed by atoms with Crippen molar-refractivity contribution in [2.24, 2.45) is 0 Å². The summed E-state index contributed by atoms with van der Waals surface area (Å²) in [6.07, 6.45) is 1.67. The largest absolute Gasteiger partial charge is 0.478 e. The van der Waals surface area contributed by atoms with Gasteiger partial charge in [-0.05, 0) is 11.4 Å². The van der Waals surface area contributed by atoms with Crippen LogP contribution in [0.2, 0.25) is 0 Å². The second-order valence-corrected chi connectivity index (χ2v) is 4.24. The monoisotopic (exact) mass is 226 g/mol. The highest BCUT2D eigenvalue weighted by Gasteiger charge is 2.11. The summed E-state index contributed by atoms with van der Waals surface area (Å²) in [4.78, 5) is 14.8. The molecule has 0 amide bonds. The lowest BCUT2D eigenvalue weighted by Crippen LogP contribution is -1.98. The molecule has 0 bridgehead atoms. The van der Waals surface area contributed by atoms with Crippen LogP contribution in [-0.4, -0.2) is 16.1 Å². The van der Waals surface area contributed by atoms with Crippen LogP contribution in [0.4, 0.5) is 10.1 Å². The number of thiazole rings is 1. The fraction of sp³-hybridized carbons (Fsp3) is 0. The Morgan fingerprint density at radius 3 is 2.93 bits per heavy atom. The third kappa shape index (κ3) is 1.75. The molecule has 0 atom stereocenters. The molecule has 0 saturated heterocycles. The molecule has 0 spiro atoms. The van der Waals surface area contributed by atoms with Gasteiger partial charge in [-0.3, -0.25) is 0 Å². The first kappa shape index (κ1) is 9.17. The standard InChI is InChI=1S/C8H6N2O2S2/c11-7(12)5-1-3-13-6(5)10-8-9-2-4-14-8/h1-4H,(H,9,10)(H,11,12). The molecule has 2 aromatic heterocycles. The van der Waals surface area contributed by atoms with E-state index >= 15 is 0 Å². The van der Waals surface area contributed by atoms with E-state index in [2.05, 4.69) is 10.3 Å². The minimum absolute atomic E-state index is 0.283. The van der Waals surface area contributed by atoms with Crippen molar-refractivity contribution in [2.75, 3.05) is 5.32 Å². The summed E-state index contributed by atoms with van der Waals surface area (Å²) in [5, 5.41) is 16.7. The molecule has 0 unspecified atom stereocenters. The molecule has 2 rings (SSSR count). The van der Waals surface area contributed by atoms with Gasteiger partial charge in [0.1, 0.15) is 5.00 Å². The molecule has 4 nitrogen and oxygen atoms in total. The average molecular weight is 226 g/mol. The van der Waals surface area contributed by atoms with Crippen molar-refractivity contribution in [3.8, 4) is 0 Å². The number of aromatic nitrogens is 1. The fourth-order valence-electron chi connectivity index (χ4n) is 0.957. The van der Waals surface area contributed by atoms with Crippen LogP contribution >= 0.6 is 22.7 Å². The van der Waals surface area contributed by atoms with Gasteiger partial charge >= 0.3 is 5.97 Å². The van der Waals surface area contributed by atoms with E-state index in [0.29, 0.717) is 10.1 Å². The molecule has 0 aliphatic rings. The average Bonchev–Trinajstić information content (AvgIpc) is 2.75. The summed E-state index contributed by atoms with van der Waals surface area (Å²) in [6, 6.07) is 1.57. The van der Waals surface area contributed by atoms with Crippen LogP contribution in [-0.2, 0) is 0 Å². The molecule has 2 heterocycles. The first-order chi connectivity index (χ1) is 6.77. The van der Waals surface area contributed by atoms with Crippen molar-refractivity contribution in [2.45, 2.75) is 0 Å². The molecule has 72 valence electrons. The van der Waals surface area contributed by atoms with E-state index in [-0.39, 0.29) is 5.56 Å². The Bertz CT molecular complexity index is 436. The summed E-state index contributed by atoms with van der Waals surface area (Å²) in [5.74, 6) is -0.926. The van der Waals surface area contributed by atoms with Crippen LogP contribution in [0.5, 0.6) is 0 Å². The minimum Gasteiger partial charge on any atom is -0.478 e. The summed E-state index contributed by atoms with van der Waals surface area (Å²) in [7, 11) is 0. The smallest absolute Gasteiger partial charge is 0.338 e. The highest BCUT2D eigenvalue weighted by Crippen LogP contribution is 2.27. The maximum atomic E-state index is 10.8. The summed E-state index contributed by atoms with van der Waals surface area (Å²) in [6.45, 7) is 0. The molecule has 2 N–H and O–H groups in total. The Morgan fingerprint density at radius 1 is 1.43 bits per heavy atom. The highest BCUT2D eigenvalue weighted by atomic mass is 32.1. The molecular formula is C8H6N2O2S2. The Hall–Kier alpha value is -1.40. The number of carboxylic acids is 1. The van der Waals surface area contributed by atoms with Gasteiger partial charge in [0, 0.05) is 11.6 Å². The number of hydrogen-bond donors (Lipinski definition) is 2. The molecule has 14 heavy (non-hydrogen) atoms. The third-order valence-electron chi connectivity index (χ3n) is 1.55. The number of nitrogens with one attached hydrogen (secondary N) is 1. The zero-order chi connectivity index (χ0) is 9.97. The first-order valence-electron chi connectivity index (χ1n) is 3.74. The SMILES string of the molecule is O=C(O)c1ccsc1Nc1nccs1. The third-order valence-corrected chi connectivity index (χ3v) is 3.07. The van der Waals surface area contributed by atoms with Crippen molar-refractivity contribution < 1.29 is 9.90 Å². The summed E-state index contributed by atoms with van der Waals surface area (Å²) in [5.41, 5.74) is 0.283. The Morgan fingerprint density at radius 2 is 2.29 bits per heavy atom. The molecule has 6 heteroatoms. The van der Waals surface area contributed by atoms with Crippen molar-refractivity contribution in [3.63, 3.8) is 0 Å². The fourth-order valence-corrected chi connectivity index (χ4v) is 2.33. The van der Waals surface area contributed by atoms with Gasteiger partial charge in [0.15, 0.2) is 5.13 Å². The lowest BCUT2D eigenvalue weighted by molar-refractivity contribution is 0.0698. The molecule has 0 aliphatic heterocycles. The minimum atomic E-state index is -0.926. The number of nitrogens with zero attached hydrogens (tertiary/aromatic N) is 1. The topological polar surface area (TPSA) is 62.2 Å². The van der Waals surface area contributed by atoms with E-state index in [1.54, 1.807) is 17.6 Å². The van der Waals surface area contributed by atoms with Gasteiger partial charge in [0.05, 0.1) is 5.56 Å². The summed E-state index contributed by atoms with van der Waals surface area (Å²) >= 11 is 2.78. The number of hydrogen-bond acceptors (Lipinski definition) is 5. The maximum absolute atomic E-state index is 10.8. The van der Waals surface area contributed by atoms with Crippen molar-refractivity contribution in [1.82, 2.24) is 4.98 Å². The summed E-state index contributed by atoms with van der Waals surface area (Å²) < 4.78 is 0. The van der Waals surface area contributed by atoms with Crippen molar-refractivity contribution in [1.29, 1.82) is 0 Å². The van der Waals surface area contributed by atoms with E-state index in [0.717, 1.165) is 0 Å². The normalized spacial score (nSPS) is 10.0. The Labute approximate surface area is 87.9 Å². The highest BCUT2D eigenvalue weighted by molar-refractivity contribution is 7.16. The van der Waals surface area contributed by atoms with Crippen LogP contribution in [0.25, 0.3) is 0 Å². The van der Waals surface area contributed by atoms with Crippen LogP contribution in [0, 0.1) is 0 Å². The maximum Gasteiger partial charge on any atom is 0.338 e. The second-order valence-electron chi connectivity index (χ2n) is 2.43.